The van der Waals surface area contributed by atoms with Gasteiger partial charge in [-0.2, -0.15) is 0 Å². The molecule has 0 aliphatic heterocycles. The molecule has 6 heteroatoms. The maximum Gasteiger partial charge on any atom is 0.171 e. The van der Waals surface area contributed by atoms with Crippen LogP contribution in [0.5, 0.6) is 11.5 Å². The molecule has 3 aromatic rings. The molecule has 0 aliphatic rings. The van der Waals surface area contributed by atoms with E-state index in [1.807, 2.05) is 19.2 Å². The molecule has 0 bridgehead atoms. The van der Waals surface area contributed by atoms with Gasteiger partial charge in [0.1, 0.15) is 5.82 Å². The summed E-state index contributed by atoms with van der Waals surface area (Å²) in [5, 5.41) is 0. The first-order valence-electron chi connectivity index (χ1n) is 7.72. The van der Waals surface area contributed by atoms with Crippen molar-refractivity contribution in [3.05, 3.63) is 54.4 Å². The number of imidazole rings is 1. The molecular formula is C18H20N4O2. The predicted molar refractivity (Wildman–Crippen MR) is 91.2 cm³/mol. The lowest BCUT2D eigenvalue weighted by atomic mass is 10.1. The monoisotopic (exact) mass is 324 g/mol. The van der Waals surface area contributed by atoms with Crippen molar-refractivity contribution >= 4 is 0 Å². The summed E-state index contributed by atoms with van der Waals surface area (Å²) < 4.78 is 13.1. The minimum absolute atomic E-state index is 0.690. The van der Waals surface area contributed by atoms with E-state index in [2.05, 4.69) is 25.6 Å². The number of hydrogen-bond acceptors (Lipinski definition) is 5. The highest BCUT2D eigenvalue weighted by molar-refractivity contribution is 5.70. The van der Waals surface area contributed by atoms with Crippen LogP contribution in [0.25, 0.3) is 11.4 Å². The average molecular weight is 324 g/mol. The van der Waals surface area contributed by atoms with Gasteiger partial charge in [0.2, 0.25) is 0 Å². The lowest BCUT2D eigenvalue weighted by Gasteiger charge is -2.15. The van der Waals surface area contributed by atoms with E-state index in [1.54, 1.807) is 39.0 Å². The van der Waals surface area contributed by atoms with Crippen molar-refractivity contribution in [1.29, 1.82) is 0 Å². The van der Waals surface area contributed by atoms with Crippen LogP contribution in [0.15, 0.2) is 43.1 Å². The number of ether oxygens (including phenoxy) is 2. The van der Waals surface area contributed by atoms with Gasteiger partial charge in [0.15, 0.2) is 11.5 Å². The lowest BCUT2D eigenvalue weighted by Crippen LogP contribution is -2.05. The molecule has 0 saturated carbocycles. The van der Waals surface area contributed by atoms with E-state index in [0.717, 1.165) is 35.6 Å². The Balaban J connectivity index is 1.94. The zero-order chi connectivity index (χ0) is 16.9. The summed E-state index contributed by atoms with van der Waals surface area (Å²) in [6, 6.07) is 4.01. The molecule has 2 aromatic heterocycles. The topological polar surface area (TPSA) is 62.1 Å². The molecule has 0 radical (unpaired) electrons. The Morgan fingerprint density at radius 2 is 1.92 bits per heavy atom. The van der Waals surface area contributed by atoms with Gasteiger partial charge in [-0.05, 0) is 24.6 Å². The first-order valence-corrected chi connectivity index (χ1v) is 7.72. The number of aryl methyl sites for hydroxylation is 3. The van der Waals surface area contributed by atoms with Gasteiger partial charge in [0.25, 0.3) is 0 Å². The second-order valence-electron chi connectivity index (χ2n) is 5.44. The molecule has 124 valence electrons. The fourth-order valence-corrected chi connectivity index (χ4v) is 2.70. The van der Waals surface area contributed by atoms with E-state index in [-0.39, 0.29) is 0 Å². The average Bonchev–Trinajstić information content (AvgIpc) is 3.08. The highest BCUT2D eigenvalue weighted by Crippen LogP contribution is 2.38. The fraction of sp³-hybridized carbons (Fsp3) is 0.278. The Morgan fingerprint density at radius 1 is 1.04 bits per heavy atom. The van der Waals surface area contributed by atoms with Gasteiger partial charge in [-0.25, -0.2) is 4.98 Å². The normalized spacial score (nSPS) is 10.6. The Morgan fingerprint density at radius 3 is 2.62 bits per heavy atom. The minimum Gasteiger partial charge on any atom is -0.493 e. The van der Waals surface area contributed by atoms with E-state index >= 15 is 0 Å². The molecule has 0 fully saturated rings. The standard InChI is InChI=1S/C18H20N4O2/c1-13-10-15(17(24-3)16(11-13)23-2)18-21-7-9-22(18)8-4-14-12-19-5-6-20-14/h5-7,9-12H,4,8H2,1-3H3. The molecule has 0 aliphatic carbocycles. The number of methoxy groups -OCH3 is 2. The first-order chi connectivity index (χ1) is 11.7. The van der Waals surface area contributed by atoms with E-state index in [1.165, 1.54) is 0 Å². The largest absolute Gasteiger partial charge is 0.493 e. The zero-order valence-electron chi connectivity index (χ0n) is 14.1. The fourth-order valence-electron chi connectivity index (χ4n) is 2.70. The van der Waals surface area contributed by atoms with E-state index in [0.29, 0.717) is 11.5 Å². The molecule has 0 saturated heterocycles. The van der Waals surface area contributed by atoms with Crippen molar-refractivity contribution in [3.63, 3.8) is 0 Å². The van der Waals surface area contributed by atoms with Crippen LogP contribution in [-0.4, -0.2) is 33.7 Å². The van der Waals surface area contributed by atoms with E-state index in [9.17, 15) is 0 Å². The third-order valence-electron chi connectivity index (χ3n) is 3.81. The molecular weight excluding hydrogens is 304 g/mol. The van der Waals surface area contributed by atoms with Crippen molar-refractivity contribution in [1.82, 2.24) is 19.5 Å². The van der Waals surface area contributed by atoms with Gasteiger partial charge in [-0.3, -0.25) is 9.97 Å². The van der Waals surface area contributed by atoms with Crippen LogP contribution >= 0.6 is 0 Å². The summed E-state index contributed by atoms with van der Waals surface area (Å²) in [7, 11) is 3.28. The summed E-state index contributed by atoms with van der Waals surface area (Å²) in [6.07, 6.45) is 9.70. The van der Waals surface area contributed by atoms with E-state index < -0.39 is 0 Å². The number of rotatable bonds is 6. The Kier molecular flexibility index (Phi) is 4.74. The summed E-state index contributed by atoms with van der Waals surface area (Å²) in [5.41, 5.74) is 2.95. The highest BCUT2D eigenvalue weighted by Gasteiger charge is 2.17. The van der Waals surface area contributed by atoms with E-state index in [4.69, 9.17) is 9.47 Å². The summed E-state index contributed by atoms with van der Waals surface area (Å²) in [5.74, 6) is 2.24. The van der Waals surface area contributed by atoms with Crippen LogP contribution in [0.1, 0.15) is 11.3 Å². The van der Waals surface area contributed by atoms with Gasteiger partial charge >= 0.3 is 0 Å². The Bertz CT molecular complexity index is 815. The van der Waals surface area contributed by atoms with Gasteiger partial charge in [0, 0.05) is 43.9 Å². The second kappa shape index (κ2) is 7.12. The SMILES string of the molecule is COc1cc(C)cc(-c2nccn2CCc2cnccn2)c1OC. The van der Waals surface area contributed by atoms with Crippen molar-refractivity contribution in [2.24, 2.45) is 0 Å². The van der Waals surface area contributed by atoms with Crippen molar-refractivity contribution in [3.8, 4) is 22.9 Å². The van der Waals surface area contributed by atoms with Crippen LogP contribution in [0.2, 0.25) is 0 Å². The Hall–Kier alpha value is -2.89. The lowest BCUT2D eigenvalue weighted by molar-refractivity contribution is 0.355. The van der Waals surface area contributed by atoms with Gasteiger partial charge < -0.3 is 14.0 Å². The number of nitrogens with zero attached hydrogens (tertiary/aromatic N) is 4. The van der Waals surface area contributed by atoms with Crippen LogP contribution in [0.3, 0.4) is 0 Å². The molecule has 0 amide bonds. The van der Waals surface area contributed by atoms with Crippen LogP contribution in [0.4, 0.5) is 0 Å². The molecule has 3 rings (SSSR count). The molecule has 6 nitrogen and oxygen atoms in total. The summed E-state index contributed by atoms with van der Waals surface area (Å²) in [4.78, 5) is 12.9. The van der Waals surface area contributed by atoms with Crippen molar-refractivity contribution < 1.29 is 9.47 Å². The van der Waals surface area contributed by atoms with Crippen LogP contribution < -0.4 is 9.47 Å². The number of aromatic nitrogens is 4. The quantitative estimate of drug-likeness (QED) is 0.697. The third kappa shape index (κ3) is 3.22. The zero-order valence-corrected chi connectivity index (χ0v) is 14.1. The maximum absolute atomic E-state index is 5.56. The molecule has 1 aromatic carbocycles. The smallest absolute Gasteiger partial charge is 0.171 e. The van der Waals surface area contributed by atoms with Crippen LogP contribution in [0, 0.1) is 6.92 Å². The van der Waals surface area contributed by atoms with Gasteiger partial charge in [-0.1, -0.05) is 0 Å². The Labute approximate surface area is 141 Å². The summed E-state index contributed by atoms with van der Waals surface area (Å²) >= 11 is 0. The van der Waals surface area contributed by atoms with Crippen LogP contribution in [-0.2, 0) is 13.0 Å². The predicted octanol–water partition coefficient (Wildman–Crippen LogP) is 2.91. The third-order valence-corrected chi connectivity index (χ3v) is 3.81. The first kappa shape index (κ1) is 16.0. The molecule has 0 unspecified atom stereocenters. The van der Waals surface area contributed by atoms with Crippen molar-refractivity contribution in [2.45, 2.75) is 19.9 Å². The molecule has 2 heterocycles. The minimum atomic E-state index is 0.690. The number of benzene rings is 1. The molecule has 0 atom stereocenters. The van der Waals surface area contributed by atoms with Gasteiger partial charge in [0.05, 0.1) is 25.5 Å². The van der Waals surface area contributed by atoms with Crippen molar-refractivity contribution in [2.75, 3.05) is 14.2 Å². The summed E-state index contributed by atoms with van der Waals surface area (Å²) in [6.45, 7) is 2.78. The molecule has 24 heavy (non-hydrogen) atoms. The van der Waals surface area contributed by atoms with Gasteiger partial charge in [-0.15, -0.1) is 0 Å². The number of hydrogen-bond donors (Lipinski definition) is 0. The molecule has 0 N–H and O–H groups in total. The highest BCUT2D eigenvalue weighted by atomic mass is 16.5. The second-order valence-corrected chi connectivity index (χ2v) is 5.44. The molecule has 0 spiro atoms. The maximum atomic E-state index is 5.56.